The summed E-state index contributed by atoms with van der Waals surface area (Å²) in [5.41, 5.74) is 7.26. The first-order valence-electron chi connectivity index (χ1n) is 7.04. The van der Waals surface area contributed by atoms with Crippen molar-refractivity contribution in [3.05, 3.63) is 33.3 Å². The molecular weight excluding hydrogens is 324 g/mol. The maximum Gasteiger partial charge on any atom is 0.0548 e. The van der Waals surface area contributed by atoms with Gasteiger partial charge in [-0.25, -0.2) is 0 Å². The van der Waals surface area contributed by atoms with Gasteiger partial charge >= 0.3 is 0 Å². The lowest BCUT2D eigenvalue weighted by Crippen LogP contribution is -2.38. The average Bonchev–Trinajstić information content (AvgIpc) is 2.36. The van der Waals surface area contributed by atoms with Crippen LogP contribution in [0.25, 0.3) is 0 Å². The fourth-order valence-electron chi connectivity index (χ4n) is 2.70. The van der Waals surface area contributed by atoms with E-state index in [1.54, 1.807) is 0 Å². The van der Waals surface area contributed by atoms with Gasteiger partial charge in [0.1, 0.15) is 0 Å². The lowest BCUT2D eigenvalue weighted by Gasteiger charge is -2.36. The Balaban J connectivity index is 2.13. The van der Waals surface area contributed by atoms with Gasteiger partial charge in [0.2, 0.25) is 0 Å². The van der Waals surface area contributed by atoms with Crippen molar-refractivity contribution in [3.8, 4) is 0 Å². The lowest BCUT2D eigenvalue weighted by atomic mass is 9.84. The van der Waals surface area contributed by atoms with Gasteiger partial charge in [-0.1, -0.05) is 31.0 Å². The average molecular weight is 346 g/mol. The number of halogens is 2. The van der Waals surface area contributed by atoms with Crippen LogP contribution >= 0.6 is 27.5 Å². The Kier molecular flexibility index (Phi) is 5.70. The van der Waals surface area contributed by atoms with Crippen molar-refractivity contribution in [1.82, 2.24) is 4.90 Å². The minimum Gasteiger partial charge on any atom is -0.329 e. The van der Waals surface area contributed by atoms with E-state index >= 15 is 0 Å². The molecule has 0 spiro atoms. The highest BCUT2D eigenvalue weighted by Crippen LogP contribution is 2.32. The zero-order valence-electron chi connectivity index (χ0n) is 11.4. The Hall–Kier alpha value is -0.0900. The number of hydrogen-bond donors (Lipinski definition) is 1. The molecule has 0 aromatic heterocycles. The van der Waals surface area contributed by atoms with Crippen molar-refractivity contribution in [2.75, 3.05) is 19.6 Å². The third-order valence-electron chi connectivity index (χ3n) is 4.12. The van der Waals surface area contributed by atoms with Crippen molar-refractivity contribution in [1.29, 1.82) is 0 Å². The lowest BCUT2D eigenvalue weighted by molar-refractivity contribution is 0.141. The highest BCUT2D eigenvalue weighted by Gasteiger charge is 2.25. The summed E-state index contributed by atoms with van der Waals surface area (Å²) in [7, 11) is 0. The van der Waals surface area contributed by atoms with Crippen molar-refractivity contribution in [2.24, 2.45) is 11.7 Å². The van der Waals surface area contributed by atoms with Gasteiger partial charge in [-0.05, 0) is 58.9 Å². The molecule has 1 aliphatic rings. The second-order valence-corrected chi connectivity index (χ2v) is 6.57. The van der Waals surface area contributed by atoms with E-state index in [0.717, 1.165) is 22.0 Å². The Bertz CT molecular complexity index is 421. The van der Waals surface area contributed by atoms with Gasteiger partial charge in [0, 0.05) is 23.6 Å². The molecule has 2 nitrogen and oxygen atoms in total. The quantitative estimate of drug-likeness (QED) is 0.836. The van der Waals surface area contributed by atoms with E-state index < -0.39 is 0 Å². The molecule has 2 N–H and O–H groups in total. The van der Waals surface area contributed by atoms with E-state index in [2.05, 4.69) is 39.9 Å². The van der Waals surface area contributed by atoms with Crippen LogP contribution in [0, 0.1) is 5.92 Å². The first-order valence-corrected chi connectivity index (χ1v) is 8.21. The maximum atomic E-state index is 6.07. The minimum atomic E-state index is 0.291. The molecule has 1 saturated carbocycles. The van der Waals surface area contributed by atoms with E-state index in [1.807, 2.05) is 6.07 Å². The molecule has 1 atom stereocenters. The predicted molar refractivity (Wildman–Crippen MR) is 85.5 cm³/mol. The summed E-state index contributed by atoms with van der Waals surface area (Å²) in [6, 6.07) is 6.43. The first-order chi connectivity index (χ1) is 9.15. The molecule has 1 aromatic rings. The van der Waals surface area contributed by atoms with Crippen molar-refractivity contribution in [2.45, 2.75) is 32.2 Å². The maximum absolute atomic E-state index is 6.07. The normalized spacial score (nSPS) is 17.5. The van der Waals surface area contributed by atoms with Crippen LogP contribution in [-0.4, -0.2) is 24.5 Å². The summed E-state index contributed by atoms with van der Waals surface area (Å²) in [5.74, 6) is 0.866. The van der Waals surface area contributed by atoms with Crippen LogP contribution < -0.4 is 5.73 Å². The summed E-state index contributed by atoms with van der Waals surface area (Å²) in [6.07, 6.45) is 4.14. The van der Waals surface area contributed by atoms with E-state index in [9.17, 15) is 0 Å². The molecule has 1 aromatic carbocycles. The Morgan fingerprint density at radius 3 is 2.68 bits per heavy atom. The van der Waals surface area contributed by atoms with E-state index in [1.165, 1.54) is 31.4 Å². The SMILES string of the molecule is CCN(CC1CCC1)C(CN)c1ccc(Cl)c(Br)c1. The molecule has 0 heterocycles. The van der Waals surface area contributed by atoms with Gasteiger partial charge in [-0.2, -0.15) is 0 Å². The number of benzene rings is 1. The molecule has 1 aliphatic carbocycles. The zero-order valence-corrected chi connectivity index (χ0v) is 13.8. The highest BCUT2D eigenvalue weighted by molar-refractivity contribution is 9.10. The predicted octanol–water partition coefficient (Wildman–Crippen LogP) is 4.22. The highest BCUT2D eigenvalue weighted by atomic mass is 79.9. The van der Waals surface area contributed by atoms with Gasteiger partial charge in [-0.3, -0.25) is 4.90 Å². The topological polar surface area (TPSA) is 29.3 Å². The largest absolute Gasteiger partial charge is 0.329 e. The molecule has 0 amide bonds. The van der Waals surface area contributed by atoms with Crippen molar-refractivity contribution in [3.63, 3.8) is 0 Å². The molecule has 1 unspecified atom stereocenters. The monoisotopic (exact) mass is 344 g/mol. The van der Waals surface area contributed by atoms with Crippen LogP contribution in [0.5, 0.6) is 0 Å². The summed E-state index contributed by atoms with van der Waals surface area (Å²) < 4.78 is 0.949. The smallest absolute Gasteiger partial charge is 0.0548 e. The third kappa shape index (κ3) is 3.72. The molecule has 0 saturated heterocycles. The van der Waals surface area contributed by atoms with Crippen LogP contribution in [0.4, 0.5) is 0 Å². The van der Waals surface area contributed by atoms with E-state index in [0.29, 0.717) is 12.6 Å². The van der Waals surface area contributed by atoms with Crippen molar-refractivity contribution >= 4 is 27.5 Å². The number of rotatable bonds is 6. The Morgan fingerprint density at radius 1 is 1.47 bits per heavy atom. The van der Waals surface area contributed by atoms with Crippen LogP contribution in [0.2, 0.25) is 5.02 Å². The van der Waals surface area contributed by atoms with Crippen molar-refractivity contribution < 1.29 is 0 Å². The molecule has 1 fully saturated rings. The van der Waals surface area contributed by atoms with Crippen LogP contribution in [-0.2, 0) is 0 Å². The summed E-state index contributed by atoms with van der Waals surface area (Å²) >= 11 is 9.57. The fraction of sp³-hybridized carbons (Fsp3) is 0.600. The fourth-order valence-corrected chi connectivity index (χ4v) is 3.21. The summed E-state index contributed by atoms with van der Waals surface area (Å²) in [4.78, 5) is 2.50. The number of nitrogens with zero attached hydrogens (tertiary/aromatic N) is 1. The Labute approximate surface area is 129 Å². The van der Waals surface area contributed by atoms with Crippen LogP contribution in [0.15, 0.2) is 22.7 Å². The number of hydrogen-bond acceptors (Lipinski definition) is 2. The van der Waals surface area contributed by atoms with Gasteiger partial charge in [-0.15, -0.1) is 0 Å². The van der Waals surface area contributed by atoms with Crippen LogP contribution in [0.1, 0.15) is 37.8 Å². The number of likely N-dealkylation sites (N-methyl/N-ethyl adjacent to an activating group) is 1. The molecule has 2 rings (SSSR count). The minimum absolute atomic E-state index is 0.291. The molecule has 0 radical (unpaired) electrons. The number of nitrogens with two attached hydrogens (primary N) is 1. The summed E-state index contributed by atoms with van der Waals surface area (Å²) in [6.45, 7) is 5.07. The molecule has 0 bridgehead atoms. The van der Waals surface area contributed by atoms with Gasteiger partial charge < -0.3 is 5.73 Å². The molecule has 19 heavy (non-hydrogen) atoms. The van der Waals surface area contributed by atoms with Crippen LogP contribution in [0.3, 0.4) is 0 Å². The molecule has 4 heteroatoms. The second-order valence-electron chi connectivity index (χ2n) is 5.31. The molecule has 106 valence electrons. The van der Waals surface area contributed by atoms with Gasteiger partial charge in [0.05, 0.1) is 5.02 Å². The second kappa shape index (κ2) is 7.07. The van der Waals surface area contributed by atoms with E-state index in [-0.39, 0.29) is 0 Å². The zero-order chi connectivity index (χ0) is 13.8. The summed E-state index contributed by atoms with van der Waals surface area (Å²) in [5, 5.41) is 0.751. The molecular formula is C15H22BrClN2. The third-order valence-corrected chi connectivity index (χ3v) is 5.33. The first kappa shape index (κ1) is 15.3. The Morgan fingerprint density at radius 2 is 2.21 bits per heavy atom. The standard InChI is InChI=1S/C15H22BrClN2/c1-2-19(10-11-4-3-5-11)15(9-18)12-6-7-14(17)13(16)8-12/h6-8,11,15H,2-5,9-10,18H2,1H3. The van der Waals surface area contributed by atoms with Gasteiger partial charge in [0.25, 0.3) is 0 Å². The molecule has 0 aliphatic heterocycles. The van der Waals surface area contributed by atoms with Gasteiger partial charge in [0.15, 0.2) is 0 Å². The van der Waals surface area contributed by atoms with E-state index in [4.69, 9.17) is 17.3 Å².